The molecule has 0 aliphatic carbocycles. The zero-order chi connectivity index (χ0) is 13.5. The lowest BCUT2D eigenvalue weighted by molar-refractivity contribution is 0.238. The highest BCUT2D eigenvalue weighted by atomic mass is 19.1. The zero-order valence-corrected chi connectivity index (χ0v) is 11.4. The summed E-state index contributed by atoms with van der Waals surface area (Å²) in [4.78, 5) is 2.32. The highest BCUT2D eigenvalue weighted by molar-refractivity contribution is 5.34. The first-order valence-electron chi connectivity index (χ1n) is 6.51. The highest BCUT2D eigenvalue weighted by Crippen LogP contribution is 2.13. The molecule has 18 heavy (non-hydrogen) atoms. The van der Waals surface area contributed by atoms with Crippen LogP contribution in [0.4, 0.5) is 4.39 Å². The average Bonchev–Trinajstić information content (AvgIpc) is 2.39. The van der Waals surface area contributed by atoms with E-state index in [-0.39, 0.29) is 5.56 Å². The van der Waals surface area contributed by atoms with Gasteiger partial charge in [-0.05, 0) is 30.2 Å². The lowest BCUT2D eigenvalue weighted by Crippen LogP contribution is -2.27. The van der Waals surface area contributed by atoms with Gasteiger partial charge in [-0.3, -0.25) is 4.90 Å². The molecule has 0 amide bonds. The molecule has 1 rings (SSSR count). The van der Waals surface area contributed by atoms with Crippen LogP contribution < -0.4 is 0 Å². The van der Waals surface area contributed by atoms with Gasteiger partial charge >= 0.3 is 0 Å². The number of rotatable bonds is 6. The summed E-state index contributed by atoms with van der Waals surface area (Å²) in [6.07, 6.45) is 1.16. The normalized spacial score (nSPS) is 12.4. The van der Waals surface area contributed by atoms with Gasteiger partial charge in [-0.2, -0.15) is 5.26 Å². The van der Waals surface area contributed by atoms with E-state index in [2.05, 4.69) is 25.7 Å². The van der Waals surface area contributed by atoms with Crippen molar-refractivity contribution in [3.05, 3.63) is 35.1 Å². The van der Waals surface area contributed by atoms with Crippen LogP contribution in [-0.2, 0) is 6.54 Å². The van der Waals surface area contributed by atoms with E-state index in [1.165, 1.54) is 6.07 Å². The Morgan fingerprint density at radius 3 is 2.67 bits per heavy atom. The maximum absolute atomic E-state index is 13.2. The Kier molecular flexibility index (Phi) is 5.80. The summed E-state index contributed by atoms with van der Waals surface area (Å²) in [6.45, 7) is 9.31. The molecule has 1 unspecified atom stereocenters. The number of hydrogen-bond donors (Lipinski definition) is 0. The molecule has 0 spiro atoms. The molecule has 0 aromatic heterocycles. The summed E-state index contributed by atoms with van der Waals surface area (Å²) >= 11 is 0. The molecular weight excluding hydrogens is 227 g/mol. The van der Waals surface area contributed by atoms with Crippen molar-refractivity contribution in [1.29, 1.82) is 5.26 Å². The molecule has 0 saturated carbocycles. The van der Waals surface area contributed by atoms with Crippen LogP contribution in [0.2, 0.25) is 0 Å². The lowest BCUT2D eigenvalue weighted by atomic mass is 10.1. The summed E-state index contributed by atoms with van der Waals surface area (Å²) < 4.78 is 13.2. The van der Waals surface area contributed by atoms with E-state index in [0.29, 0.717) is 5.92 Å². The third-order valence-corrected chi connectivity index (χ3v) is 3.27. The van der Waals surface area contributed by atoms with Crippen molar-refractivity contribution >= 4 is 0 Å². The quantitative estimate of drug-likeness (QED) is 0.769. The molecule has 0 heterocycles. The third kappa shape index (κ3) is 4.12. The minimum atomic E-state index is -0.439. The largest absolute Gasteiger partial charge is 0.299 e. The monoisotopic (exact) mass is 248 g/mol. The molecule has 98 valence electrons. The number of benzene rings is 1. The van der Waals surface area contributed by atoms with Gasteiger partial charge in [0.2, 0.25) is 0 Å². The summed E-state index contributed by atoms with van der Waals surface area (Å²) in [5.74, 6) is 0.215. The van der Waals surface area contributed by atoms with Gasteiger partial charge < -0.3 is 0 Å². The summed E-state index contributed by atoms with van der Waals surface area (Å²) in [5.41, 5.74) is 1.13. The first kappa shape index (κ1) is 14.7. The molecule has 1 aromatic carbocycles. The van der Waals surface area contributed by atoms with Gasteiger partial charge in [0, 0.05) is 13.1 Å². The Morgan fingerprint density at radius 1 is 1.39 bits per heavy atom. The van der Waals surface area contributed by atoms with Crippen LogP contribution in [0.1, 0.15) is 38.3 Å². The zero-order valence-electron chi connectivity index (χ0n) is 11.4. The molecule has 0 fully saturated rings. The van der Waals surface area contributed by atoms with E-state index < -0.39 is 5.82 Å². The molecule has 0 aliphatic heterocycles. The summed E-state index contributed by atoms with van der Waals surface area (Å²) in [7, 11) is 0. The molecular formula is C15H21FN2. The molecule has 0 radical (unpaired) electrons. The minimum Gasteiger partial charge on any atom is -0.299 e. The predicted octanol–water partition coefficient (Wildman–Crippen LogP) is 3.57. The molecule has 3 heteroatoms. The summed E-state index contributed by atoms with van der Waals surface area (Å²) in [5, 5.41) is 8.81. The molecule has 1 aromatic rings. The van der Waals surface area contributed by atoms with E-state index in [1.54, 1.807) is 12.1 Å². The Bertz CT molecular complexity index is 423. The number of hydrogen-bond acceptors (Lipinski definition) is 2. The predicted molar refractivity (Wildman–Crippen MR) is 71.5 cm³/mol. The standard InChI is InChI=1S/C15H21FN2/c1-4-12(3)10-18(5-2)11-13-6-7-15(16)14(8-13)9-17/h6-8,12H,4-5,10-11H2,1-3H3. The van der Waals surface area contributed by atoms with Crippen molar-refractivity contribution in [3.63, 3.8) is 0 Å². The molecule has 0 N–H and O–H groups in total. The maximum Gasteiger partial charge on any atom is 0.140 e. The fraction of sp³-hybridized carbons (Fsp3) is 0.533. The highest BCUT2D eigenvalue weighted by Gasteiger charge is 2.09. The van der Waals surface area contributed by atoms with Crippen molar-refractivity contribution in [2.75, 3.05) is 13.1 Å². The van der Waals surface area contributed by atoms with Crippen LogP contribution in [0.3, 0.4) is 0 Å². The van der Waals surface area contributed by atoms with Crippen LogP contribution in [0.15, 0.2) is 18.2 Å². The van der Waals surface area contributed by atoms with Gasteiger partial charge in [0.05, 0.1) is 5.56 Å². The van der Waals surface area contributed by atoms with E-state index in [4.69, 9.17) is 5.26 Å². The van der Waals surface area contributed by atoms with Crippen LogP contribution in [0.5, 0.6) is 0 Å². The van der Waals surface area contributed by atoms with Gasteiger partial charge in [-0.25, -0.2) is 4.39 Å². The smallest absolute Gasteiger partial charge is 0.140 e. The minimum absolute atomic E-state index is 0.132. The Labute approximate surface area is 109 Å². The van der Waals surface area contributed by atoms with E-state index in [0.717, 1.165) is 31.6 Å². The second kappa shape index (κ2) is 7.13. The first-order chi connectivity index (χ1) is 8.60. The topological polar surface area (TPSA) is 27.0 Å². The van der Waals surface area contributed by atoms with Crippen molar-refractivity contribution in [2.24, 2.45) is 5.92 Å². The van der Waals surface area contributed by atoms with Gasteiger partial charge in [0.25, 0.3) is 0 Å². The molecule has 0 saturated heterocycles. The fourth-order valence-electron chi connectivity index (χ4n) is 1.89. The molecule has 0 aliphatic rings. The second-order valence-corrected chi connectivity index (χ2v) is 4.77. The first-order valence-corrected chi connectivity index (χ1v) is 6.51. The van der Waals surface area contributed by atoms with Crippen molar-refractivity contribution in [2.45, 2.75) is 33.7 Å². The number of nitriles is 1. The second-order valence-electron chi connectivity index (χ2n) is 4.77. The van der Waals surface area contributed by atoms with E-state index in [9.17, 15) is 4.39 Å². The fourth-order valence-corrected chi connectivity index (χ4v) is 1.89. The summed E-state index contributed by atoms with van der Waals surface area (Å²) in [6, 6.07) is 6.67. The van der Waals surface area contributed by atoms with Crippen LogP contribution in [0.25, 0.3) is 0 Å². The SMILES string of the molecule is CCC(C)CN(CC)Cc1ccc(F)c(C#N)c1. The van der Waals surface area contributed by atoms with Crippen molar-refractivity contribution in [3.8, 4) is 6.07 Å². The van der Waals surface area contributed by atoms with Gasteiger partial charge in [-0.15, -0.1) is 0 Å². The average molecular weight is 248 g/mol. The molecule has 0 bridgehead atoms. The molecule has 1 atom stereocenters. The van der Waals surface area contributed by atoms with Crippen LogP contribution >= 0.6 is 0 Å². The number of halogens is 1. The Balaban J connectivity index is 2.73. The van der Waals surface area contributed by atoms with E-state index >= 15 is 0 Å². The van der Waals surface area contributed by atoms with Gasteiger partial charge in [-0.1, -0.05) is 33.3 Å². The van der Waals surface area contributed by atoms with Crippen molar-refractivity contribution < 1.29 is 4.39 Å². The maximum atomic E-state index is 13.2. The Hall–Kier alpha value is -1.40. The van der Waals surface area contributed by atoms with Crippen LogP contribution in [0, 0.1) is 23.1 Å². The Morgan fingerprint density at radius 2 is 2.11 bits per heavy atom. The van der Waals surface area contributed by atoms with Crippen molar-refractivity contribution in [1.82, 2.24) is 4.90 Å². The third-order valence-electron chi connectivity index (χ3n) is 3.27. The lowest BCUT2D eigenvalue weighted by Gasteiger charge is -2.23. The van der Waals surface area contributed by atoms with Gasteiger partial charge in [0.15, 0.2) is 0 Å². The number of nitrogens with zero attached hydrogens (tertiary/aromatic N) is 2. The molecule has 2 nitrogen and oxygen atoms in total. The van der Waals surface area contributed by atoms with E-state index in [1.807, 2.05) is 6.07 Å². The van der Waals surface area contributed by atoms with Gasteiger partial charge in [0.1, 0.15) is 11.9 Å². The van der Waals surface area contributed by atoms with Crippen LogP contribution in [-0.4, -0.2) is 18.0 Å².